The van der Waals surface area contributed by atoms with Crippen LogP contribution in [0.1, 0.15) is 17.3 Å². The highest BCUT2D eigenvalue weighted by Crippen LogP contribution is 2.20. The van der Waals surface area contributed by atoms with E-state index in [4.69, 9.17) is 10.5 Å². The van der Waals surface area contributed by atoms with Crippen molar-refractivity contribution in [3.63, 3.8) is 0 Å². The second-order valence-corrected chi connectivity index (χ2v) is 4.32. The average Bonchev–Trinajstić information content (AvgIpc) is 2.96. The molecule has 0 saturated carbocycles. The highest BCUT2D eigenvalue weighted by molar-refractivity contribution is 5.90. The van der Waals surface area contributed by atoms with Gasteiger partial charge in [-0.05, 0) is 19.1 Å². The van der Waals surface area contributed by atoms with Crippen LogP contribution >= 0.6 is 0 Å². The predicted octanol–water partition coefficient (Wildman–Crippen LogP) is 1.57. The molecule has 7 nitrogen and oxygen atoms in total. The molecule has 0 saturated heterocycles. The van der Waals surface area contributed by atoms with Gasteiger partial charge in [-0.15, -0.1) is 0 Å². The molecule has 0 aliphatic carbocycles. The molecular formula is C14H13N5O2. The van der Waals surface area contributed by atoms with Crippen molar-refractivity contribution >= 4 is 22.8 Å². The van der Waals surface area contributed by atoms with Gasteiger partial charge in [-0.3, -0.25) is 0 Å². The van der Waals surface area contributed by atoms with Crippen molar-refractivity contribution in [3.8, 4) is 5.82 Å². The summed E-state index contributed by atoms with van der Waals surface area (Å²) in [7, 11) is 0. The minimum absolute atomic E-state index is 0.150. The minimum atomic E-state index is -0.421. The Morgan fingerprint density at radius 2 is 2.14 bits per heavy atom. The number of carbonyl (C=O) groups excluding carboxylic acids is 1. The summed E-state index contributed by atoms with van der Waals surface area (Å²) in [6.45, 7) is 2.06. The molecule has 7 heteroatoms. The number of hydrogen-bond donors (Lipinski definition) is 1. The standard InChI is InChI=1S/C14H13N5O2/c1-2-21-13(20)9-7-16-19(8-9)12-10-5-3-4-6-11(10)17-14(15)18-12/h3-8H,2H2,1H3,(H2,15,17,18). The van der Waals surface area contributed by atoms with Gasteiger partial charge in [-0.25, -0.2) is 14.5 Å². The molecule has 0 aliphatic heterocycles. The molecule has 0 amide bonds. The summed E-state index contributed by atoms with van der Waals surface area (Å²) >= 11 is 0. The van der Waals surface area contributed by atoms with Crippen molar-refractivity contribution in [3.05, 3.63) is 42.2 Å². The molecule has 0 spiro atoms. The molecule has 2 N–H and O–H groups in total. The lowest BCUT2D eigenvalue weighted by atomic mass is 10.2. The average molecular weight is 283 g/mol. The topological polar surface area (TPSA) is 95.9 Å². The molecule has 0 atom stereocenters. The number of ether oxygens (including phenoxy) is 1. The second kappa shape index (κ2) is 5.20. The van der Waals surface area contributed by atoms with Crippen LogP contribution in [-0.4, -0.2) is 32.3 Å². The number of hydrogen-bond acceptors (Lipinski definition) is 6. The summed E-state index contributed by atoms with van der Waals surface area (Å²) in [5.74, 6) is 0.251. The van der Waals surface area contributed by atoms with Crippen LogP contribution in [0, 0.1) is 0 Å². The smallest absolute Gasteiger partial charge is 0.341 e. The number of fused-ring (bicyclic) bond motifs is 1. The van der Waals surface area contributed by atoms with Crippen molar-refractivity contribution in [2.45, 2.75) is 6.92 Å². The zero-order valence-electron chi connectivity index (χ0n) is 11.4. The molecule has 2 aromatic heterocycles. The number of anilines is 1. The summed E-state index contributed by atoms with van der Waals surface area (Å²) in [4.78, 5) is 20.1. The summed E-state index contributed by atoms with van der Waals surface area (Å²) in [5, 5.41) is 4.95. The summed E-state index contributed by atoms with van der Waals surface area (Å²) < 4.78 is 6.43. The van der Waals surface area contributed by atoms with Gasteiger partial charge in [0.25, 0.3) is 0 Å². The maximum atomic E-state index is 11.7. The number of nitrogen functional groups attached to an aromatic ring is 1. The Bertz CT molecular complexity index is 812. The summed E-state index contributed by atoms with van der Waals surface area (Å²) in [6.07, 6.45) is 3.00. The SMILES string of the molecule is CCOC(=O)c1cnn(-c2nc(N)nc3ccccc23)c1. The molecule has 3 aromatic rings. The van der Waals surface area contributed by atoms with Crippen LogP contribution in [0.2, 0.25) is 0 Å². The lowest BCUT2D eigenvalue weighted by Gasteiger charge is -2.06. The normalized spacial score (nSPS) is 10.7. The third kappa shape index (κ3) is 2.40. The van der Waals surface area contributed by atoms with Crippen LogP contribution in [0.3, 0.4) is 0 Å². The molecular weight excluding hydrogens is 270 g/mol. The number of rotatable bonds is 3. The molecule has 0 bridgehead atoms. The molecule has 0 aliphatic rings. The number of nitrogens with zero attached hydrogens (tertiary/aromatic N) is 4. The molecule has 106 valence electrons. The van der Waals surface area contributed by atoms with Crippen molar-refractivity contribution in [1.29, 1.82) is 0 Å². The van der Waals surface area contributed by atoms with Gasteiger partial charge in [0.05, 0.1) is 23.9 Å². The predicted molar refractivity (Wildman–Crippen MR) is 77.0 cm³/mol. The molecule has 2 heterocycles. The first kappa shape index (κ1) is 13.0. The van der Waals surface area contributed by atoms with E-state index >= 15 is 0 Å². The Hall–Kier alpha value is -2.96. The van der Waals surface area contributed by atoms with E-state index in [1.165, 1.54) is 10.9 Å². The zero-order valence-corrected chi connectivity index (χ0v) is 11.4. The third-order valence-electron chi connectivity index (χ3n) is 2.91. The maximum Gasteiger partial charge on any atom is 0.341 e. The van der Waals surface area contributed by atoms with Gasteiger partial charge in [0, 0.05) is 11.6 Å². The van der Waals surface area contributed by atoms with E-state index in [2.05, 4.69) is 15.1 Å². The monoisotopic (exact) mass is 283 g/mol. The largest absolute Gasteiger partial charge is 0.462 e. The fraction of sp³-hybridized carbons (Fsp3) is 0.143. The Morgan fingerprint density at radius 1 is 1.33 bits per heavy atom. The van der Waals surface area contributed by atoms with Gasteiger partial charge in [0.2, 0.25) is 5.95 Å². The fourth-order valence-electron chi connectivity index (χ4n) is 2.01. The molecule has 0 unspecified atom stereocenters. The van der Waals surface area contributed by atoms with E-state index in [1.807, 2.05) is 24.3 Å². The zero-order chi connectivity index (χ0) is 14.8. The maximum absolute atomic E-state index is 11.7. The highest BCUT2D eigenvalue weighted by Gasteiger charge is 2.13. The second-order valence-electron chi connectivity index (χ2n) is 4.32. The molecule has 0 radical (unpaired) electrons. The fourth-order valence-corrected chi connectivity index (χ4v) is 2.01. The number of aromatic nitrogens is 4. The first-order valence-corrected chi connectivity index (χ1v) is 6.43. The van der Waals surface area contributed by atoms with Crippen molar-refractivity contribution in [1.82, 2.24) is 19.7 Å². The molecule has 3 rings (SSSR count). The Kier molecular flexibility index (Phi) is 3.23. The summed E-state index contributed by atoms with van der Waals surface area (Å²) in [6, 6.07) is 7.45. The van der Waals surface area contributed by atoms with Crippen LogP contribution < -0.4 is 5.73 Å². The number of para-hydroxylation sites is 1. The number of esters is 1. The van der Waals surface area contributed by atoms with Gasteiger partial charge in [-0.2, -0.15) is 10.1 Å². The van der Waals surface area contributed by atoms with E-state index in [0.717, 1.165) is 5.39 Å². The Balaban J connectivity index is 2.10. The van der Waals surface area contributed by atoms with Crippen LogP contribution in [-0.2, 0) is 4.74 Å². The van der Waals surface area contributed by atoms with Crippen LogP contribution in [0.5, 0.6) is 0 Å². The van der Waals surface area contributed by atoms with Crippen molar-refractivity contribution in [2.24, 2.45) is 0 Å². The van der Waals surface area contributed by atoms with Crippen LogP contribution in [0.4, 0.5) is 5.95 Å². The lowest BCUT2D eigenvalue weighted by Crippen LogP contribution is -2.05. The minimum Gasteiger partial charge on any atom is -0.462 e. The van der Waals surface area contributed by atoms with Gasteiger partial charge < -0.3 is 10.5 Å². The first-order valence-electron chi connectivity index (χ1n) is 6.43. The van der Waals surface area contributed by atoms with E-state index in [1.54, 1.807) is 13.1 Å². The number of benzene rings is 1. The van der Waals surface area contributed by atoms with Crippen molar-refractivity contribution in [2.75, 3.05) is 12.3 Å². The van der Waals surface area contributed by atoms with E-state index in [0.29, 0.717) is 23.5 Å². The van der Waals surface area contributed by atoms with E-state index in [-0.39, 0.29) is 5.95 Å². The molecule has 1 aromatic carbocycles. The van der Waals surface area contributed by atoms with Crippen LogP contribution in [0.25, 0.3) is 16.7 Å². The van der Waals surface area contributed by atoms with Crippen LogP contribution in [0.15, 0.2) is 36.7 Å². The highest BCUT2D eigenvalue weighted by atomic mass is 16.5. The van der Waals surface area contributed by atoms with Gasteiger partial charge in [0.15, 0.2) is 5.82 Å². The number of nitrogens with two attached hydrogens (primary N) is 1. The van der Waals surface area contributed by atoms with E-state index in [9.17, 15) is 4.79 Å². The van der Waals surface area contributed by atoms with Gasteiger partial charge in [0.1, 0.15) is 0 Å². The summed E-state index contributed by atoms with van der Waals surface area (Å²) in [5.41, 5.74) is 6.80. The van der Waals surface area contributed by atoms with Gasteiger partial charge in [-0.1, -0.05) is 12.1 Å². The third-order valence-corrected chi connectivity index (χ3v) is 2.91. The van der Waals surface area contributed by atoms with Gasteiger partial charge >= 0.3 is 5.97 Å². The molecule has 0 fully saturated rings. The Morgan fingerprint density at radius 3 is 2.95 bits per heavy atom. The Labute approximate surface area is 120 Å². The number of carbonyl (C=O) groups is 1. The van der Waals surface area contributed by atoms with E-state index < -0.39 is 5.97 Å². The van der Waals surface area contributed by atoms with Crippen molar-refractivity contribution < 1.29 is 9.53 Å². The molecule has 21 heavy (non-hydrogen) atoms. The quantitative estimate of drug-likeness (QED) is 0.733. The lowest BCUT2D eigenvalue weighted by molar-refractivity contribution is 0.0526. The first-order chi connectivity index (χ1) is 10.2.